The van der Waals surface area contributed by atoms with Crippen molar-refractivity contribution in [2.24, 2.45) is 0 Å². The molecule has 0 saturated carbocycles. The first kappa shape index (κ1) is 44.4. The number of rotatable bonds is 31. The second-order valence-corrected chi connectivity index (χ2v) is 10.0. The Bertz CT molecular complexity index is 975. The highest BCUT2D eigenvalue weighted by molar-refractivity contribution is 7.16. The van der Waals surface area contributed by atoms with Crippen LogP contribution in [0.25, 0.3) is 0 Å². The van der Waals surface area contributed by atoms with Gasteiger partial charge in [0.05, 0.1) is 66.4 Å². The number of amides is 1. The largest absolute Gasteiger partial charge is 0.481 e. The highest BCUT2D eigenvalue weighted by Gasteiger charge is 2.25. The van der Waals surface area contributed by atoms with E-state index in [1.54, 1.807) is 6.92 Å². The minimum Gasteiger partial charge on any atom is -0.481 e. The maximum atomic E-state index is 12.4. The zero-order valence-corrected chi connectivity index (χ0v) is 28.6. The van der Waals surface area contributed by atoms with Crippen molar-refractivity contribution in [2.45, 2.75) is 76.2 Å². The predicted molar refractivity (Wildman–Crippen MR) is 165 cm³/mol. The van der Waals surface area contributed by atoms with Crippen molar-refractivity contribution < 1.29 is 93.5 Å². The topological polar surface area (TPSA) is 282 Å². The number of carboxylic acid groups (broad SMARTS) is 1. The molecule has 0 heterocycles. The first-order valence-electron chi connectivity index (χ1n) is 15.7. The highest BCUT2D eigenvalue weighted by Crippen LogP contribution is 2.11. The normalized spacial score (nSPS) is 15.9. The minimum absolute atomic E-state index is 0.266. The summed E-state index contributed by atoms with van der Waals surface area (Å²) < 4.78 is 54.5. The van der Waals surface area contributed by atoms with E-state index in [2.05, 4.69) is 10.1 Å². The van der Waals surface area contributed by atoms with Gasteiger partial charge >= 0.3 is 23.9 Å². The number of hydrogen-bond acceptors (Lipinski definition) is 18. The molecule has 8 unspecified atom stereocenters. The fourth-order valence-corrected chi connectivity index (χ4v) is 3.50. The van der Waals surface area contributed by atoms with Gasteiger partial charge in [0.2, 0.25) is 5.91 Å². The Morgan fingerprint density at radius 3 is 1.67 bits per heavy atom. The van der Waals surface area contributed by atoms with Crippen LogP contribution < -0.4 is 5.32 Å². The number of carbonyl (C=O) groups is 5. The molecule has 8 atom stereocenters. The molecule has 1 amide bonds. The van der Waals surface area contributed by atoms with E-state index in [1.165, 1.54) is 7.11 Å². The third-order valence-corrected chi connectivity index (χ3v) is 6.06. The number of aliphatic hydroxyl groups excluding tert-OH is 4. The van der Waals surface area contributed by atoms with Crippen molar-refractivity contribution in [3.05, 3.63) is 0 Å². The van der Waals surface area contributed by atoms with Gasteiger partial charge in [-0.3, -0.25) is 24.0 Å². The van der Waals surface area contributed by atoms with Crippen molar-refractivity contribution in [3.8, 4) is 0 Å². The number of hydrogen-bond donors (Lipinski definition) is 6. The lowest BCUT2D eigenvalue weighted by Crippen LogP contribution is -2.40. The van der Waals surface area contributed by atoms with E-state index in [0.29, 0.717) is 6.42 Å². The summed E-state index contributed by atoms with van der Waals surface area (Å²) in [5.74, 6) is -4.32. The third kappa shape index (κ3) is 24.2. The molecule has 0 aliphatic carbocycles. The Hall–Kier alpha value is -2.62. The second kappa shape index (κ2) is 29.1. The molecule has 0 bridgehead atoms. The molecule has 0 aromatic carbocycles. The summed E-state index contributed by atoms with van der Waals surface area (Å²) in [6.07, 6.45) is -9.15. The lowest BCUT2D eigenvalue weighted by atomic mass is 10.3. The van der Waals surface area contributed by atoms with Gasteiger partial charge in [-0.1, -0.05) is 16.2 Å². The molecule has 21 heteroatoms. The van der Waals surface area contributed by atoms with Gasteiger partial charge in [-0.25, -0.2) is 0 Å². The number of aliphatic hydroxyl groups is 4. The highest BCUT2D eigenvalue weighted by atomic mass is 31.0. The Morgan fingerprint density at radius 1 is 0.673 bits per heavy atom. The van der Waals surface area contributed by atoms with Crippen LogP contribution in [0.5, 0.6) is 0 Å². The molecule has 49 heavy (non-hydrogen) atoms. The van der Waals surface area contributed by atoms with Crippen LogP contribution in [-0.2, 0) is 66.6 Å². The molecule has 286 valence electrons. The summed E-state index contributed by atoms with van der Waals surface area (Å²) in [6, 6.07) is 0. The van der Waals surface area contributed by atoms with E-state index in [1.807, 2.05) is 9.24 Å². The van der Waals surface area contributed by atoms with Gasteiger partial charge in [0.15, 0.2) is 18.9 Å². The molecule has 0 aliphatic rings. The Balaban J connectivity index is 5.35. The first-order chi connectivity index (χ1) is 23.8. The number of carbonyl (C=O) groups excluding carboxylic acids is 4. The lowest BCUT2D eigenvalue weighted by Gasteiger charge is -2.28. The summed E-state index contributed by atoms with van der Waals surface area (Å²) in [4.78, 5) is 58.2. The molecule has 0 radical (unpaired) electrons. The average molecular weight is 738 g/mol. The monoisotopic (exact) mass is 737 g/mol. The SMILES string of the molecule is [3H]C(P)OC(=O)CNC(=O)CCC(=O)OCC(COC(CO)OC(CC)COC(=O)CCC(=O)O)OC(CO)OCC(CO)OC(CO)OC. The zero-order valence-electron chi connectivity index (χ0n) is 28.5. The van der Waals surface area contributed by atoms with Gasteiger partial charge in [0.25, 0.3) is 0 Å². The average Bonchev–Trinajstić information content (AvgIpc) is 3.09. The maximum Gasteiger partial charge on any atom is 0.325 e. The Morgan fingerprint density at radius 2 is 1.18 bits per heavy atom. The Labute approximate surface area is 287 Å². The molecule has 6 N–H and O–H groups in total. The van der Waals surface area contributed by atoms with E-state index in [-0.39, 0.29) is 26.1 Å². The third-order valence-electron chi connectivity index (χ3n) is 5.93. The van der Waals surface area contributed by atoms with E-state index < -0.39 is 132 Å². The van der Waals surface area contributed by atoms with Crippen molar-refractivity contribution in [1.29, 1.82) is 0 Å². The number of ether oxygens (including phenoxy) is 9. The first-order valence-corrected chi connectivity index (χ1v) is 15.8. The summed E-state index contributed by atoms with van der Waals surface area (Å²) in [6.45, 7) is -2.86. The molecule has 0 aromatic rings. The maximum absolute atomic E-state index is 12.4. The van der Waals surface area contributed by atoms with E-state index in [9.17, 15) is 44.4 Å². The van der Waals surface area contributed by atoms with Crippen molar-refractivity contribution in [1.82, 2.24) is 5.32 Å². The molecule has 20 nitrogen and oxygen atoms in total. The van der Waals surface area contributed by atoms with Gasteiger partial charge in [-0.15, -0.1) is 0 Å². The fraction of sp³-hybridized carbons (Fsp3) is 0.821. The van der Waals surface area contributed by atoms with Crippen LogP contribution in [0.3, 0.4) is 0 Å². The van der Waals surface area contributed by atoms with Crippen molar-refractivity contribution in [2.75, 3.05) is 72.8 Å². The zero-order chi connectivity index (χ0) is 37.9. The molecular weight excluding hydrogens is 685 g/mol. The van der Waals surface area contributed by atoms with Crippen LogP contribution in [0.15, 0.2) is 0 Å². The van der Waals surface area contributed by atoms with Crippen LogP contribution in [0.4, 0.5) is 0 Å². The standard InChI is InChI=1S/C28H50NO19P/c1-3-18(13-41-24(38)7-5-22(35)36)46-27(11-32)44-16-20(15-42-23(37)6-4-21(34)29-8-25(39)45-17-49)48-28(12-33)43-14-19(9-30)47-26(10-31)40-2/h18-20,26-28,30-33H,3-17,49H2,1-2H3,(H,29,34)(H,35,36)/i17T. The van der Waals surface area contributed by atoms with Crippen LogP contribution in [0.2, 0.25) is 0 Å². The number of nitrogens with one attached hydrogen (secondary N) is 1. The summed E-state index contributed by atoms with van der Waals surface area (Å²) in [7, 11) is 3.20. The van der Waals surface area contributed by atoms with Gasteiger partial charge in [0.1, 0.15) is 38.3 Å². The summed E-state index contributed by atoms with van der Waals surface area (Å²) in [5.41, 5.74) is 0. The number of methoxy groups -OCH3 is 1. The smallest absolute Gasteiger partial charge is 0.325 e. The van der Waals surface area contributed by atoms with Crippen LogP contribution in [0, 0.1) is 0 Å². The molecule has 0 spiro atoms. The van der Waals surface area contributed by atoms with Crippen LogP contribution >= 0.6 is 9.24 Å². The summed E-state index contributed by atoms with van der Waals surface area (Å²) in [5, 5.41) is 49.4. The predicted octanol–water partition coefficient (Wildman–Crippen LogP) is -2.60. The number of esters is 3. The van der Waals surface area contributed by atoms with E-state index in [4.69, 9.17) is 44.4 Å². The fourth-order valence-electron chi connectivity index (χ4n) is 3.35. The molecule has 0 aliphatic heterocycles. The lowest BCUT2D eigenvalue weighted by molar-refractivity contribution is -0.253. The van der Waals surface area contributed by atoms with Gasteiger partial charge < -0.3 is 73.5 Å². The number of carboxylic acids is 1. The quantitative estimate of drug-likeness (QED) is 0.0184. The molecule has 0 aromatic heterocycles. The molecule has 0 rings (SSSR count). The minimum atomic E-state index is -1.40. The summed E-state index contributed by atoms with van der Waals surface area (Å²) >= 11 is 0. The molecule has 0 fully saturated rings. The van der Waals surface area contributed by atoms with Gasteiger partial charge in [0, 0.05) is 13.5 Å². The Kier molecular flexibility index (Phi) is 26.4. The molecule has 0 saturated heterocycles. The van der Waals surface area contributed by atoms with Crippen LogP contribution in [-0.4, -0.2) is 165 Å². The van der Waals surface area contributed by atoms with Crippen molar-refractivity contribution >= 4 is 39.0 Å². The van der Waals surface area contributed by atoms with E-state index in [0.717, 1.165) is 0 Å². The van der Waals surface area contributed by atoms with Crippen molar-refractivity contribution in [3.63, 3.8) is 0 Å². The van der Waals surface area contributed by atoms with E-state index >= 15 is 0 Å². The second-order valence-electron chi connectivity index (χ2n) is 9.77. The van der Waals surface area contributed by atoms with Gasteiger partial charge in [-0.05, 0) is 6.42 Å². The van der Waals surface area contributed by atoms with Crippen LogP contribution in [0.1, 0.15) is 40.4 Å². The molecular formula is C28H50NO19P. The van der Waals surface area contributed by atoms with Gasteiger partial charge in [-0.2, -0.15) is 0 Å². The number of aliphatic carboxylic acids is 1.